The predicted molar refractivity (Wildman–Crippen MR) is 138 cm³/mol. The molecular weight excluding hydrogens is 440 g/mol. The summed E-state index contributed by atoms with van der Waals surface area (Å²) < 4.78 is 0. The lowest BCUT2D eigenvalue weighted by molar-refractivity contribution is -0.130. The van der Waals surface area contributed by atoms with E-state index in [-0.39, 0.29) is 14.0 Å². The van der Waals surface area contributed by atoms with Gasteiger partial charge >= 0.3 is 0 Å². The van der Waals surface area contributed by atoms with Crippen molar-refractivity contribution >= 4 is 11.8 Å². The topological polar surface area (TPSA) is 116 Å². The summed E-state index contributed by atoms with van der Waals surface area (Å²) in [6, 6.07) is 22.2. The van der Waals surface area contributed by atoms with Crippen molar-refractivity contribution in [1.29, 1.82) is 0 Å². The molecular formula is C28H32N4O3. The van der Waals surface area contributed by atoms with Crippen LogP contribution < -0.4 is 21.8 Å². The number of hydrogen-bond donors (Lipinski definition) is 5. The Bertz CT molecular complexity index is 1160. The highest BCUT2D eigenvalue weighted by atomic mass is 16.5. The van der Waals surface area contributed by atoms with Gasteiger partial charge in [-0.2, -0.15) is 0 Å². The first-order valence-corrected chi connectivity index (χ1v) is 10.9. The number of nitrogens with one attached hydrogen (secondary N) is 3. The first-order valence-electron chi connectivity index (χ1n) is 10.9. The van der Waals surface area contributed by atoms with Gasteiger partial charge in [0.2, 0.25) is 0 Å². The molecule has 0 fully saturated rings. The number of nitrogens with two attached hydrogens (primary N) is 1. The Morgan fingerprint density at radius 1 is 0.857 bits per heavy atom. The maximum absolute atomic E-state index is 12.3. The van der Waals surface area contributed by atoms with Gasteiger partial charge in [0.25, 0.3) is 11.8 Å². The molecule has 182 valence electrons. The predicted octanol–water partition coefficient (Wildman–Crippen LogP) is 2.88. The third-order valence-corrected chi connectivity index (χ3v) is 5.20. The van der Waals surface area contributed by atoms with Crippen LogP contribution in [0.1, 0.15) is 45.6 Å². The van der Waals surface area contributed by atoms with Crippen molar-refractivity contribution in [3.8, 4) is 11.8 Å². The quantitative estimate of drug-likeness (QED) is 0.196. The van der Waals surface area contributed by atoms with Crippen LogP contribution in [0.25, 0.3) is 0 Å². The van der Waals surface area contributed by atoms with E-state index in [0.29, 0.717) is 5.56 Å². The molecule has 3 rings (SSSR count). The van der Waals surface area contributed by atoms with Gasteiger partial charge in [0.1, 0.15) is 6.04 Å². The molecule has 0 bridgehead atoms. The fourth-order valence-electron chi connectivity index (χ4n) is 3.16. The van der Waals surface area contributed by atoms with Gasteiger partial charge in [0.05, 0.1) is 0 Å². The smallest absolute Gasteiger partial charge is 0.267 e. The Labute approximate surface area is 206 Å². The Morgan fingerprint density at radius 3 is 1.83 bits per heavy atom. The minimum Gasteiger partial charge on any atom is -0.339 e. The van der Waals surface area contributed by atoms with Crippen LogP contribution in [0, 0.1) is 18.8 Å². The molecule has 3 aromatic rings. The van der Waals surface area contributed by atoms with Crippen molar-refractivity contribution in [2.24, 2.45) is 5.73 Å². The zero-order chi connectivity index (χ0) is 24.3. The van der Waals surface area contributed by atoms with E-state index in [1.54, 1.807) is 24.3 Å². The van der Waals surface area contributed by atoms with E-state index >= 15 is 0 Å². The van der Waals surface area contributed by atoms with Gasteiger partial charge in [-0.15, -0.1) is 0 Å². The molecule has 0 heterocycles. The van der Waals surface area contributed by atoms with Crippen molar-refractivity contribution in [3.05, 3.63) is 106 Å². The molecule has 0 spiro atoms. The minimum absolute atomic E-state index is 0. The van der Waals surface area contributed by atoms with Gasteiger partial charge in [-0.25, -0.2) is 5.48 Å². The Morgan fingerprint density at radius 2 is 1.34 bits per heavy atom. The zero-order valence-electron chi connectivity index (χ0n) is 19.0. The maximum Gasteiger partial charge on any atom is 0.267 e. The number of hydroxylamine groups is 1. The maximum atomic E-state index is 12.3. The van der Waals surface area contributed by atoms with E-state index in [1.165, 1.54) is 22.2 Å². The zero-order valence-corrected chi connectivity index (χ0v) is 19.0. The van der Waals surface area contributed by atoms with Crippen molar-refractivity contribution in [3.63, 3.8) is 0 Å². The highest BCUT2D eigenvalue weighted by Crippen LogP contribution is 2.07. The number of benzene rings is 3. The lowest BCUT2D eigenvalue weighted by atomic mass is 10.1. The molecule has 3 aromatic carbocycles. The van der Waals surface area contributed by atoms with Crippen molar-refractivity contribution in [1.82, 2.24) is 16.1 Å². The second-order valence-electron chi connectivity index (χ2n) is 7.85. The molecule has 2 amide bonds. The molecule has 1 atom stereocenters. The minimum atomic E-state index is -1.02. The highest BCUT2D eigenvalue weighted by molar-refractivity contribution is 5.97. The van der Waals surface area contributed by atoms with Gasteiger partial charge < -0.3 is 16.4 Å². The summed E-state index contributed by atoms with van der Waals surface area (Å²) in [5.74, 6) is 4.96. The van der Waals surface area contributed by atoms with Crippen LogP contribution in [0.2, 0.25) is 0 Å². The molecule has 35 heavy (non-hydrogen) atoms. The summed E-state index contributed by atoms with van der Waals surface area (Å²) in [6.45, 7) is 3.54. The van der Waals surface area contributed by atoms with E-state index < -0.39 is 17.9 Å². The molecule has 0 saturated carbocycles. The number of hydrogen-bond acceptors (Lipinski definition) is 5. The molecule has 0 aromatic heterocycles. The summed E-state index contributed by atoms with van der Waals surface area (Å²) in [6.07, 6.45) is 0. The van der Waals surface area contributed by atoms with Gasteiger partial charge in [0.15, 0.2) is 0 Å². The number of carbonyl (C=O) groups is 2. The molecule has 7 nitrogen and oxygen atoms in total. The third kappa shape index (κ3) is 8.40. The van der Waals surface area contributed by atoms with Crippen LogP contribution in [-0.2, 0) is 17.9 Å². The molecule has 0 aliphatic rings. The second kappa shape index (κ2) is 13.7. The van der Waals surface area contributed by atoms with E-state index in [9.17, 15) is 9.59 Å². The molecule has 0 saturated heterocycles. The van der Waals surface area contributed by atoms with E-state index in [4.69, 9.17) is 10.9 Å². The summed E-state index contributed by atoms with van der Waals surface area (Å²) in [5, 5.41) is 14.6. The normalized spacial score (nSPS) is 10.8. The highest BCUT2D eigenvalue weighted by Gasteiger charge is 2.19. The summed E-state index contributed by atoms with van der Waals surface area (Å²) in [5.41, 5.74) is 12.6. The van der Waals surface area contributed by atoms with E-state index in [1.807, 2.05) is 12.1 Å². The van der Waals surface area contributed by atoms with Gasteiger partial charge in [-0.1, -0.05) is 61.2 Å². The summed E-state index contributed by atoms with van der Waals surface area (Å²) in [4.78, 5) is 23.7. The fraction of sp³-hybridized carbons (Fsp3) is 0.214. The van der Waals surface area contributed by atoms with E-state index in [0.717, 1.165) is 24.2 Å². The average molecular weight is 473 g/mol. The molecule has 7 heteroatoms. The van der Waals surface area contributed by atoms with Crippen molar-refractivity contribution < 1.29 is 14.8 Å². The van der Waals surface area contributed by atoms with Crippen LogP contribution in [0.15, 0.2) is 72.8 Å². The number of amides is 2. The first kappa shape index (κ1) is 27.3. The largest absolute Gasteiger partial charge is 0.339 e. The summed E-state index contributed by atoms with van der Waals surface area (Å²) in [7, 11) is 0. The van der Waals surface area contributed by atoms with Crippen molar-refractivity contribution in [2.75, 3.05) is 6.54 Å². The lowest BCUT2D eigenvalue weighted by Gasteiger charge is -2.14. The van der Waals surface area contributed by atoms with Crippen LogP contribution in [0.5, 0.6) is 0 Å². The monoisotopic (exact) mass is 472 g/mol. The number of rotatable bonds is 8. The molecule has 0 radical (unpaired) electrons. The second-order valence-corrected chi connectivity index (χ2v) is 7.85. The molecule has 0 unspecified atom stereocenters. The first-order chi connectivity index (χ1) is 16.5. The Balaban J connectivity index is 0.00000432. The SMILES string of the molecule is C.Cc1ccc(CNCc2ccc(C#Cc3ccc(C(=O)N[C@@H](CN)C(=O)NO)cc3)cc2)cc1. The lowest BCUT2D eigenvalue weighted by Crippen LogP contribution is -2.50. The number of carbonyl (C=O) groups excluding carboxylic acids is 2. The third-order valence-electron chi connectivity index (χ3n) is 5.20. The Kier molecular flexibility index (Phi) is 10.7. The standard InChI is InChI=1S/C27H28N4O3.CH4/c1-19-2-4-22(5-3-19)17-29-18-23-10-8-20(9-11-23)6-7-21-12-14-24(15-13-21)26(32)30-25(16-28)27(33)31-34;/h2-5,8-15,25,29,34H,16-18,28H2,1H3,(H,30,32)(H,31,33);1H4/t25-;/m0./s1. The summed E-state index contributed by atoms with van der Waals surface area (Å²) >= 11 is 0. The van der Waals surface area contributed by atoms with Crippen LogP contribution in [0.3, 0.4) is 0 Å². The fourth-order valence-corrected chi connectivity index (χ4v) is 3.16. The molecule has 0 aliphatic carbocycles. The number of aryl methyl sites for hydroxylation is 1. The van der Waals surface area contributed by atoms with Gasteiger partial charge in [-0.3, -0.25) is 14.8 Å². The van der Waals surface area contributed by atoms with Gasteiger partial charge in [0, 0.05) is 36.3 Å². The average Bonchev–Trinajstić information content (AvgIpc) is 2.87. The van der Waals surface area contributed by atoms with Crippen molar-refractivity contribution in [2.45, 2.75) is 33.5 Å². The van der Waals surface area contributed by atoms with Crippen LogP contribution in [-0.4, -0.2) is 29.6 Å². The molecule has 6 N–H and O–H groups in total. The molecule has 0 aliphatic heterocycles. The van der Waals surface area contributed by atoms with Crippen LogP contribution in [0.4, 0.5) is 0 Å². The Hall–Kier alpha value is -3.96. The van der Waals surface area contributed by atoms with E-state index in [2.05, 4.69) is 65.8 Å². The van der Waals surface area contributed by atoms with Gasteiger partial charge in [-0.05, 0) is 54.4 Å². The van der Waals surface area contributed by atoms with Crippen LogP contribution >= 0.6 is 0 Å².